The van der Waals surface area contributed by atoms with E-state index in [1.165, 1.54) is 11.3 Å². The standard InChI is InChI=1S/C14H15NO3S/c1-15(10-3-5-11(18-2)6-4-10)9-12-7-8-13(19-12)14(16)17/h3-8H,9H2,1-2H3,(H,16,17). The van der Waals surface area contributed by atoms with E-state index in [4.69, 9.17) is 9.84 Å². The third-order valence-electron chi connectivity index (χ3n) is 2.78. The molecule has 100 valence electrons. The van der Waals surface area contributed by atoms with E-state index in [0.717, 1.165) is 16.3 Å². The van der Waals surface area contributed by atoms with Crippen molar-refractivity contribution in [3.05, 3.63) is 46.2 Å². The van der Waals surface area contributed by atoms with Crippen molar-refractivity contribution in [2.75, 3.05) is 19.1 Å². The summed E-state index contributed by atoms with van der Waals surface area (Å²) in [4.78, 5) is 14.3. The van der Waals surface area contributed by atoms with Crippen LogP contribution in [0, 0.1) is 0 Å². The van der Waals surface area contributed by atoms with Gasteiger partial charge in [0.25, 0.3) is 0 Å². The number of rotatable bonds is 5. The molecule has 4 nitrogen and oxygen atoms in total. The normalized spacial score (nSPS) is 10.2. The first-order chi connectivity index (χ1) is 9.10. The van der Waals surface area contributed by atoms with Crippen LogP contribution in [0.2, 0.25) is 0 Å². The number of aromatic carboxylic acids is 1. The molecule has 0 atom stereocenters. The number of carboxylic acids is 1. The number of nitrogens with zero attached hydrogens (tertiary/aromatic N) is 1. The lowest BCUT2D eigenvalue weighted by Crippen LogP contribution is -2.15. The van der Waals surface area contributed by atoms with E-state index in [1.54, 1.807) is 13.2 Å². The summed E-state index contributed by atoms with van der Waals surface area (Å²) in [5.74, 6) is -0.0511. The SMILES string of the molecule is COc1ccc(N(C)Cc2ccc(C(=O)O)s2)cc1. The van der Waals surface area contributed by atoms with E-state index < -0.39 is 5.97 Å². The monoisotopic (exact) mass is 277 g/mol. The van der Waals surface area contributed by atoms with E-state index in [9.17, 15) is 4.79 Å². The topological polar surface area (TPSA) is 49.8 Å². The predicted octanol–water partition coefficient (Wildman–Crippen LogP) is 3.09. The molecule has 5 heteroatoms. The molecule has 19 heavy (non-hydrogen) atoms. The Labute approximate surface area is 115 Å². The van der Waals surface area contributed by atoms with Gasteiger partial charge in [-0.15, -0.1) is 11.3 Å². The van der Waals surface area contributed by atoms with Gasteiger partial charge in [-0.2, -0.15) is 0 Å². The van der Waals surface area contributed by atoms with Gasteiger partial charge in [0.15, 0.2) is 0 Å². The van der Waals surface area contributed by atoms with Gasteiger partial charge in [-0.25, -0.2) is 4.79 Å². The van der Waals surface area contributed by atoms with Crippen LogP contribution in [0.15, 0.2) is 36.4 Å². The Morgan fingerprint density at radius 1 is 1.26 bits per heavy atom. The van der Waals surface area contributed by atoms with Crippen LogP contribution in [-0.4, -0.2) is 25.2 Å². The summed E-state index contributed by atoms with van der Waals surface area (Å²) in [5.41, 5.74) is 1.06. The van der Waals surface area contributed by atoms with Crippen molar-refractivity contribution in [1.82, 2.24) is 0 Å². The Hall–Kier alpha value is -2.01. The summed E-state index contributed by atoms with van der Waals surface area (Å²) in [5, 5.41) is 8.89. The van der Waals surface area contributed by atoms with Crippen LogP contribution in [0.3, 0.4) is 0 Å². The Kier molecular flexibility index (Phi) is 4.06. The first-order valence-corrected chi connectivity index (χ1v) is 6.59. The summed E-state index contributed by atoms with van der Waals surface area (Å²) < 4.78 is 5.12. The Morgan fingerprint density at radius 2 is 1.95 bits per heavy atom. The molecule has 1 aromatic carbocycles. The lowest BCUT2D eigenvalue weighted by molar-refractivity contribution is 0.0702. The summed E-state index contributed by atoms with van der Waals surface area (Å²) in [7, 11) is 3.61. The van der Waals surface area contributed by atoms with E-state index in [-0.39, 0.29) is 0 Å². The van der Waals surface area contributed by atoms with Crippen LogP contribution < -0.4 is 9.64 Å². The molecule has 0 saturated carbocycles. The highest BCUT2D eigenvalue weighted by Gasteiger charge is 2.09. The lowest BCUT2D eigenvalue weighted by Gasteiger charge is -2.18. The lowest BCUT2D eigenvalue weighted by atomic mass is 10.2. The molecule has 0 unspecified atom stereocenters. The van der Waals surface area contributed by atoms with Crippen LogP contribution >= 0.6 is 11.3 Å². The number of carbonyl (C=O) groups is 1. The van der Waals surface area contributed by atoms with Crippen LogP contribution in [0.1, 0.15) is 14.5 Å². The maximum absolute atomic E-state index is 10.8. The number of thiophene rings is 1. The first-order valence-electron chi connectivity index (χ1n) is 5.77. The molecule has 0 amide bonds. The third kappa shape index (κ3) is 3.26. The maximum atomic E-state index is 10.8. The van der Waals surface area contributed by atoms with Gasteiger partial charge in [-0.05, 0) is 36.4 Å². The van der Waals surface area contributed by atoms with Gasteiger partial charge in [0, 0.05) is 17.6 Å². The minimum atomic E-state index is -0.872. The molecule has 0 spiro atoms. The van der Waals surface area contributed by atoms with Crippen LogP contribution in [0.25, 0.3) is 0 Å². The van der Waals surface area contributed by atoms with E-state index in [0.29, 0.717) is 11.4 Å². The molecule has 1 N–H and O–H groups in total. The molecule has 0 bridgehead atoms. The molecule has 2 rings (SSSR count). The number of hydrogen-bond donors (Lipinski definition) is 1. The van der Waals surface area contributed by atoms with Crippen molar-refractivity contribution >= 4 is 23.0 Å². The Balaban J connectivity index is 2.06. The minimum absolute atomic E-state index is 0.373. The van der Waals surface area contributed by atoms with Crippen molar-refractivity contribution in [3.63, 3.8) is 0 Å². The molecule has 0 saturated heterocycles. The zero-order chi connectivity index (χ0) is 13.8. The minimum Gasteiger partial charge on any atom is -0.497 e. The Bertz CT molecular complexity index is 562. The van der Waals surface area contributed by atoms with Gasteiger partial charge in [-0.1, -0.05) is 0 Å². The smallest absolute Gasteiger partial charge is 0.345 e. The molecule has 0 aliphatic carbocycles. The van der Waals surface area contributed by atoms with Crippen LogP contribution in [0.4, 0.5) is 5.69 Å². The van der Waals surface area contributed by atoms with Crippen LogP contribution in [0.5, 0.6) is 5.75 Å². The third-order valence-corrected chi connectivity index (χ3v) is 3.84. The fourth-order valence-corrected chi connectivity index (χ4v) is 2.64. The fourth-order valence-electron chi connectivity index (χ4n) is 1.74. The molecule has 0 aliphatic rings. The second-order valence-electron chi connectivity index (χ2n) is 4.13. The number of hydrogen-bond acceptors (Lipinski definition) is 4. The quantitative estimate of drug-likeness (QED) is 0.912. The predicted molar refractivity (Wildman–Crippen MR) is 76.4 cm³/mol. The van der Waals surface area contributed by atoms with Crippen LogP contribution in [-0.2, 0) is 6.54 Å². The highest BCUT2D eigenvalue weighted by atomic mass is 32.1. The van der Waals surface area contributed by atoms with Gasteiger partial charge >= 0.3 is 5.97 Å². The number of carboxylic acid groups (broad SMARTS) is 1. The molecular formula is C14H15NO3S. The van der Waals surface area contributed by atoms with Gasteiger partial charge in [0.2, 0.25) is 0 Å². The van der Waals surface area contributed by atoms with Gasteiger partial charge in [0.05, 0.1) is 13.7 Å². The molecule has 0 radical (unpaired) electrons. The average Bonchev–Trinajstić information content (AvgIpc) is 2.87. The zero-order valence-corrected chi connectivity index (χ0v) is 11.6. The van der Waals surface area contributed by atoms with Gasteiger partial charge < -0.3 is 14.7 Å². The number of anilines is 1. The first kappa shape index (κ1) is 13.4. The number of ether oxygens (including phenoxy) is 1. The van der Waals surface area contributed by atoms with Crippen molar-refractivity contribution in [2.24, 2.45) is 0 Å². The van der Waals surface area contributed by atoms with Crippen molar-refractivity contribution in [1.29, 1.82) is 0 Å². The molecule has 2 aromatic rings. The summed E-state index contributed by atoms with van der Waals surface area (Å²) in [6.07, 6.45) is 0. The maximum Gasteiger partial charge on any atom is 0.345 e. The van der Waals surface area contributed by atoms with E-state index >= 15 is 0 Å². The molecular weight excluding hydrogens is 262 g/mol. The summed E-state index contributed by atoms with van der Waals surface area (Å²) in [6.45, 7) is 0.685. The van der Waals surface area contributed by atoms with E-state index in [2.05, 4.69) is 4.90 Å². The Morgan fingerprint density at radius 3 is 2.47 bits per heavy atom. The average molecular weight is 277 g/mol. The highest BCUT2D eigenvalue weighted by Crippen LogP contribution is 2.23. The second kappa shape index (κ2) is 5.75. The molecule has 1 heterocycles. The zero-order valence-electron chi connectivity index (χ0n) is 10.8. The van der Waals surface area contributed by atoms with Gasteiger partial charge in [0.1, 0.15) is 10.6 Å². The van der Waals surface area contributed by atoms with Crippen molar-refractivity contribution in [3.8, 4) is 5.75 Å². The summed E-state index contributed by atoms with van der Waals surface area (Å²) in [6, 6.07) is 11.3. The second-order valence-corrected chi connectivity index (χ2v) is 5.29. The highest BCUT2D eigenvalue weighted by molar-refractivity contribution is 7.13. The fraction of sp³-hybridized carbons (Fsp3) is 0.214. The number of benzene rings is 1. The van der Waals surface area contributed by atoms with E-state index in [1.807, 2.05) is 37.4 Å². The largest absolute Gasteiger partial charge is 0.497 e. The number of methoxy groups -OCH3 is 1. The molecule has 1 aromatic heterocycles. The molecule has 0 fully saturated rings. The molecule has 0 aliphatic heterocycles. The van der Waals surface area contributed by atoms with Crippen molar-refractivity contribution in [2.45, 2.75) is 6.54 Å². The van der Waals surface area contributed by atoms with Gasteiger partial charge in [-0.3, -0.25) is 0 Å². The summed E-state index contributed by atoms with van der Waals surface area (Å²) >= 11 is 1.31. The van der Waals surface area contributed by atoms with Crippen molar-refractivity contribution < 1.29 is 14.6 Å².